The van der Waals surface area contributed by atoms with E-state index in [1.807, 2.05) is 35.8 Å². The maximum absolute atomic E-state index is 13.4. The van der Waals surface area contributed by atoms with Crippen LogP contribution in [0, 0.1) is 6.92 Å². The quantitative estimate of drug-likeness (QED) is 0.517. The molecule has 0 radical (unpaired) electrons. The predicted molar refractivity (Wildman–Crippen MR) is 121 cm³/mol. The first-order valence-corrected chi connectivity index (χ1v) is 11.7. The molecule has 0 spiro atoms. The maximum atomic E-state index is 13.4. The summed E-state index contributed by atoms with van der Waals surface area (Å²) in [6.07, 6.45) is 4.28. The van der Waals surface area contributed by atoms with Crippen molar-refractivity contribution in [2.24, 2.45) is 0 Å². The van der Waals surface area contributed by atoms with E-state index in [1.165, 1.54) is 22.9 Å². The number of benzene rings is 2. The Bertz CT molecular complexity index is 1110. The normalized spacial score (nSPS) is 17.4. The molecular weight excluding hydrogens is 408 g/mol. The van der Waals surface area contributed by atoms with Crippen LogP contribution in [0.4, 0.5) is 0 Å². The van der Waals surface area contributed by atoms with Crippen LogP contribution >= 0.6 is 11.8 Å². The summed E-state index contributed by atoms with van der Waals surface area (Å²) in [5.74, 6) is 2.11. The number of hydrogen-bond acceptors (Lipinski definition) is 5. The van der Waals surface area contributed by atoms with Gasteiger partial charge in [-0.05, 0) is 55.9 Å². The fourth-order valence-electron chi connectivity index (χ4n) is 4.49. The van der Waals surface area contributed by atoms with Gasteiger partial charge < -0.3 is 9.64 Å². The SMILES string of the molecule is COc1cccc(-n2c(C)nnc2SCC(=O)N(C2CC2)C2CCc3ccccc32)c1. The van der Waals surface area contributed by atoms with Gasteiger partial charge in [0, 0.05) is 12.1 Å². The van der Waals surface area contributed by atoms with E-state index < -0.39 is 0 Å². The molecule has 1 fully saturated rings. The van der Waals surface area contributed by atoms with E-state index in [4.69, 9.17) is 4.74 Å². The van der Waals surface area contributed by atoms with Crippen molar-refractivity contribution in [2.75, 3.05) is 12.9 Å². The Morgan fingerprint density at radius 1 is 1.16 bits per heavy atom. The van der Waals surface area contributed by atoms with E-state index in [2.05, 4.69) is 39.4 Å². The number of carbonyl (C=O) groups excluding carboxylic acids is 1. The lowest BCUT2D eigenvalue weighted by Crippen LogP contribution is -2.37. The van der Waals surface area contributed by atoms with Gasteiger partial charge in [0.1, 0.15) is 11.6 Å². The third kappa shape index (κ3) is 3.94. The van der Waals surface area contributed by atoms with Gasteiger partial charge in [-0.2, -0.15) is 0 Å². The van der Waals surface area contributed by atoms with E-state index in [0.717, 1.165) is 48.1 Å². The van der Waals surface area contributed by atoms with Crippen LogP contribution in [0.2, 0.25) is 0 Å². The molecule has 1 aromatic heterocycles. The third-order valence-electron chi connectivity index (χ3n) is 6.10. The molecule has 1 amide bonds. The van der Waals surface area contributed by atoms with Crippen LogP contribution in [0.1, 0.15) is 42.3 Å². The first-order valence-electron chi connectivity index (χ1n) is 10.7. The number of amides is 1. The molecule has 1 unspecified atom stereocenters. The number of carbonyl (C=O) groups is 1. The average molecular weight is 435 g/mol. The topological polar surface area (TPSA) is 60.2 Å². The number of fused-ring (bicyclic) bond motifs is 1. The Morgan fingerprint density at radius 2 is 2.00 bits per heavy atom. The molecule has 0 N–H and O–H groups in total. The van der Waals surface area contributed by atoms with Gasteiger partial charge in [0.15, 0.2) is 5.16 Å². The highest BCUT2D eigenvalue weighted by molar-refractivity contribution is 7.99. The summed E-state index contributed by atoms with van der Waals surface area (Å²) in [6.45, 7) is 1.92. The zero-order chi connectivity index (χ0) is 21.4. The molecule has 2 aliphatic rings. The Kier molecular flexibility index (Phi) is 5.44. The zero-order valence-electron chi connectivity index (χ0n) is 17.8. The van der Waals surface area contributed by atoms with Crippen molar-refractivity contribution < 1.29 is 9.53 Å². The number of ether oxygens (including phenoxy) is 1. The molecule has 0 saturated heterocycles. The van der Waals surface area contributed by atoms with Crippen LogP contribution in [0.15, 0.2) is 53.7 Å². The molecule has 2 aliphatic carbocycles. The van der Waals surface area contributed by atoms with Gasteiger partial charge in [-0.15, -0.1) is 10.2 Å². The fraction of sp³-hybridized carbons (Fsp3) is 0.375. The monoisotopic (exact) mass is 434 g/mol. The minimum Gasteiger partial charge on any atom is -0.497 e. The van der Waals surface area contributed by atoms with E-state index in [-0.39, 0.29) is 11.9 Å². The van der Waals surface area contributed by atoms with Crippen molar-refractivity contribution in [3.05, 3.63) is 65.5 Å². The third-order valence-corrected chi connectivity index (χ3v) is 7.01. The molecule has 2 aromatic carbocycles. The summed E-state index contributed by atoms with van der Waals surface area (Å²) in [7, 11) is 1.65. The molecule has 5 rings (SSSR count). The summed E-state index contributed by atoms with van der Waals surface area (Å²) >= 11 is 1.46. The lowest BCUT2D eigenvalue weighted by molar-refractivity contribution is -0.131. The van der Waals surface area contributed by atoms with Crippen LogP contribution in [0.25, 0.3) is 5.69 Å². The number of aryl methyl sites for hydroxylation is 2. The van der Waals surface area contributed by atoms with Crippen LogP contribution in [-0.4, -0.2) is 44.5 Å². The Labute approximate surface area is 186 Å². The average Bonchev–Trinajstić information content (AvgIpc) is 3.43. The zero-order valence-corrected chi connectivity index (χ0v) is 18.6. The first-order chi connectivity index (χ1) is 15.2. The number of aromatic nitrogens is 3. The molecule has 1 atom stereocenters. The Morgan fingerprint density at radius 3 is 2.81 bits per heavy atom. The highest BCUT2D eigenvalue weighted by Crippen LogP contribution is 2.42. The number of rotatable bonds is 7. The van der Waals surface area contributed by atoms with Crippen molar-refractivity contribution in [1.82, 2.24) is 19.7 Å². The second kappa shape index (κ2) is 8.38. The Balaban J connectivity index is 1.35. The number of methoxy groups -OCH3 is 1. The largest absolute Gasteiger partial charge is 0.497 e. The molecule has 160 valence electrons. The van der Waals surface area contributed by atoms with E-state index in [0.29, 0.717) is 11.8 Å². The van der Waals surface area contributed by atoms with Gasteiger partial charge in [0.2, 0.25) is 5.91 Å². The number of thioether (sulfide) groups is 1. The maximum Gasteiger partial charge on any atom is 0.233 e. The van der Waals surface area contributed by atoms with Gasteiger partial charge in [0.05, 0.1) is 24.6 Å². The summed E-state index contributed by atoms with van der Waals surface area (Å²) in [5.41, 5.74) is 3.63. The summed E-state index contributed by atoms with van der Waals surface area (Å²) < 4.78 is 7.34. The first kappa shape index (κ1) is 20.1. The molecule has 1 saturated carbocycles. The van der Waals surface area contributed by atoms with E-state index in [1.54, 1.807) is 7.11 Å². The van der Waals surface area contributed by atoms with Crippen molar-refractivity contribution >= 4 is 17.7 Å². The van der Waals surface area contributed by atoms with Gasteiger partial charge >= 0.3 is 0 Å². The van der Waals surface area contributed by atoms with Crippen LogP contribution in [-0.2, 0) is 11.2 Å². The smallest absolute Gasteiger partial charge is 0.233 e. The van der Waals surface area contributed by atoms with Gasteiger partial charge in [0.25, 0.3) is 0 Å². The highest BCUT2D eigenvalue weighted by Gasteiger charge is 2.40. The fourth-order valence-corrected chi connectivity index (χ4v) is 5.36. The number of hydrogen-bond donors (Lipinski definition) is 0. The second-order valence-corrected chi connectivity index (χ2v) is 9.08. The van der Waals surface area contributed by atoms with Crippen LogP contribution < -0.4 is 4.74 Å². The second-order valence-electron chi connectivity index (χ2n) is 8.14. The lowest BCUT2D eigenvalue weighted by Gasteiger charge is -2.30. The predicted octanol–water partition coefficient (Wildman–Crippen LogP) is 4.35. The molecule has 3 aromatic rings. The molecule has 1 heterocycles. The molecule has 6 nitrogen and oxygen atoms in total. The molecular formula is C24H26N4O2S. The van der Waals surface area contributed by atoms with E-state index in [9.17, 15) is 4.79 Å². The summed E-state index contributed by atoms with van der Waals surface area (Å²) in [4.78, 5) is 15.5. The highest BCUT2D eigenvalue weighted by atomic mass is 32.2. The molecule has 31 heavy (non-hydrogen) atoms. The minimum absolute atomic E-state index is 0.187. The van der Waals surface area contributed by atoms with Crippen molar-refractivity contribution in [2.45, 2.75) is 49.8 Å². The van der Waals surface area contributed by atoms with Gasteiger partial charge in [-0.1, -0.05) is 42.1 Å². The molecule has 7 heteroatoms. The van der Waals surface area contributed by atoms with Crippen LogP contribution in [0.5, 0.6) is 5.75 Å². The van der Waals surface area contributed by atoms with Crippen molar-refractivity contribution in [3.63, 3.8) is 0 Å². The molecule has 0 aliphatic heterocycles. The van der Waals surface area contributed by atoms with E-state index >= 15 is 0 Å². The summed E-state index contributed by atoms with van der Waals surface area (Å²) in [6, 6.07) is 16.9. The van der Waals surface area contributed by atoms with Gasteiger partial charge in [-0.25, -0.2) is 0 Å². The van der Waals surface area contributed by atoms with Gasteiger partial charge in [-0.3, -0.25) is 9.36 Å². The van der Waals surface area contributed by atoms with Crippen molar-refractivity contribution in [3.8, 4) is 11.4 Å². The van der Waals surface area contributed by atoms with Crippen molar-refractivity contribution in [1.29, 1.82) is 0 Å². The molecule has 0 bridgehead atoms. The van der Waals surface area contributed by atoms with Crippen LogP contribution in [0.3, 0.4) is 0 Å². The number of nitrogens with zero attached hydrogens (tertiary/aromatic N) is 4. The lowest BCUT2D eigenvalue weighted by atomic mass is 10.1. The minimum atomic E-state index is 0.187. The summed E-state index contributed by atoms with van der Waals surface area (Å²) in [5, 5.41) is 9.31. The Hall–Kier alpha value is -2.80. The standard InChI is InChI=1S/C24H26N4O2S/c1-16-25-26-24(27(16)19-7-5-8-20(14-19)30-2)31-15-23(29)28(18-11-12-18)22-13-10-17-6-3-4-9-21(17)22/h3-9,14,18,22H,10-13,15H2,1-2H3.